The van der Waals surface area contributed by atoms with Crippen LogP contribution in [0.4, 0.5) is 11.5 Å². The van der Waals surface area contributed by atoms with E-state index in [2.05, 4.69) is 35.6 Å². The number of anilines is 2. The van der Waals surface area contributed by atoms with E-state index in [-0.39, 0.29) is 11.8 Å². The topological polar surface area (TPSA) is 115 Å². The molecule has 11 heteroatoms. The molecular formula is C21H23N9O2. The fourth-order valence-electron chi connectivity index (χ4n) is 3.77. The molecule has 1 aliphatic heterocycles. The molecule has 4 aromatic rings. The Hall–Kier alpha value is -4.02. The van der Waals surface area contributed by atoms with Crippen molar-refractivity contribution in [1.29, 1.82) is 0 Å². The van der Waals surface area contributed by atoms with Gasteiger partial charge in [-0.25, -0.2) is 9.67 Å². The van der Waals surface area contributed by atoms with Crippen molar-refractivity contribution in [2.24, 2.45) is 5.92 Å². The number of ether oxygens (including phenoxy) is 1. The number of rotatable bonds is 7. The number of hydrogen-bond acceptors (Lipinski definition) is 8. The van der Waals surface area contributed by atoms with Crippen LogP contribution in [0.15, 0.2) is 55.4 Å². The second-order valence-corrected chi connectivity index (χ2v) is 7.61. The lowest BCUT2D eigenvalue weighted by Crippen LogP contribution is -2.38. The van der Waals surface area contributed by atoms with E-state index >= 15 is 0 Å². The Kier molecular flexibility index (Phi) is 5.60. The molecule has 1 aromatic carbocycles. The molecular weight excluding hydrogens is 410 g/mol. The van der Waals surface area contributed by atoms with E-state index in [1.807, 2.05) is 36.4 Å². The largest absolute Gasteiger partial charge is 0.492 e. The monoisotopic (exact) mass is 433 g/mol. The summed E-state index contributed by atoms with van der Waals surface area (Å²) in [6.07, 6.45) is 6.26. The Bertz CT molecular complexity index is 1180. The Labute approximate surface area is 184 Å². The molecule has 0 radical (unpaired) electrons. The van der Waals surface area contributed by atoms with Crippen molar-refractivity contribution in [3.63, 3.8) is 0 Å². The molecule has 1 N–H and O–H groups in total. The number of fused-ring (bicyclic) bond motifs is 1. The van der Waals surface area contributed by atoms with Crippen molar-refractivity contribution >= 4 is 23.1 Å². The highest BCUT2D eigenvalue weighted by Gasteiger charge is 2.26. The van der Waals surface area contributed by atoms with Crippen LogP contribution in [0.1, 0.15) is 12.8 Å². The van der Waals surface area contributed by atoms with Crippen molar-refractivity contribution in [3.05, 3.63) is 55.4 Å². The number of amides is 1. The quantitative estimate of drug-likeness (QED) is 0.468. The van der Waals surface area contributed by atoms with E-state index < -0.39 is 0 Å². The standard InChI is InChI=1S/C21H23N9O2/c31-21(25-17-2-1-3-18(12-17)32-11-10-29-14-22-13-24-29)16-6-8-28(9-7-16)20-5-4-19-26-23-15-30(19)27-20/h1-5,12-16H,6-11H2,(H,25,31). The van der Waals surface area contributed by atoms with Gasteiger partial charge in [0.1, 0.15) is 37.2 Å². The molecule has 0 atom stereocenters. The van der Waals surface area contributed by atoms with Crippen LogP contribution in [-0.2, 0) is 11.3 Å². The molecule has 1 fully saturated rings. The van der Waals surface area contributed by atoms with Gasteiger partial charge in [-0.1, -0.05) is 6.07 Å². The second kappa shape index (κ2) is 9.00. The number of nitrogens with zero attached hydrogens (tertiary/aromatic N) is 8. The number of carbonyl (C=O) groups excluding carboxylic acids is 1. The van der Waals surface area contributed by atoms with Gasteiger partial charge < -0.3 is 15.0 Å². The molecule has 0 saturated carbocycles. The summed E-state index contributed by atoms with van der Waals surface area (Å²) in [6.45, 7) is 2.61. The average Bonchev–Trinajstić information content (AvgIpc) is 3.51. The second-order valence-electron chi connectivity index (χ2n) is 7.61. The summed E-state index contributed by atoms with van der Waals surface area (Å²) in [4.78, 5) is 18.9. The third-order valence-electron chi connectivity index (χ3n) is 5.49. The first-order valence-corrected chi connectivity index (χ1v) is 10.5. The number of aromatic nitrogens is 7. The molecule has 1 saturated heterocycles. The SMILES string of the molecule is O=C(Nc1cccc(OCCn2cncn2)c1)C1CCN(c2ccc3nncn3n2)CC1. The van der Waals surface area contributed by atoms with Crippen LogP contribution in [0.5, 0.6) is 5.75 Å². The maximum Gasteiger partial charge on any atom is 0.227 e. The molecule has 4 heterocycles. The van der Waals surface area contributed by atoms with Gasteiger partial charge in [0.05, 0.1) is 6.54 Å². The molecule has 164 valence electrons. The summed E-state index contributed by atoms with van der Waals surface area (Å²) in [5, 5.41) is 19.5. The molecule has 0 unspecified atom stereocenters. The van der Waals surface area contributed by atoms with Crippen molar-refractivity contribution < 1.29 is 9.53 Å². The lowest BCUT2D eigenvalue weighted by molar-refractivity contribution is -0.120. The zero-order chi connectivity index (χ0) is 21.8. The summed E-state index contributed by atoms with van der Waals surface area (Å²) < 4.78 is 9.14. The normalized spacial score (nSPS) is 14.6. The lowest BCUT2D eigenvalue weighted by atomic mass is 9.96. The van der Waals surface area contributed by atoms with E-state index in [9.17, 15) is 4.79 Å². The van der Waals surface area contributed by atoms with Crippen LogP contribution in [0, 0.1) is 5.92 Å². The van der Waals surface area contributed by atoms with Crippen LogP contribution in [-0.4, -0.2) is 60.2 Å². The third kappa shape index (κ3) is 4.51. The highest BCUT2D eigenvalue weighted by atomic mass is 16.5. The number of carbonyl (C=O) groups is 1. The van der Waals surface area contributed by atoms with Crippen LogP contribution < -0.4 is 15.0 Å². The van der Waals surface area contributed by atoms with Crippen molar-refractivity contribution in [1.82, 2.24) is 34.6 Å². The highest BCUT2D eigenvalue weighted by molar-refractivity contribution is 5.92. The van der Waals surface area contributed by atoms with Gasteiger partial charge in [-0.3, -0.25) is 4.79 Å². The van der Waals surface area contributed by atoms with Crippen molar-refractivity contribution in [2.45, 2.75) is 19.4 Å². The molecule has 5 rings (SSSR count). The Morgan fingerprint density at radius 1 is 1.16 bits per heavy atom. The predicted molar refractivity (Wildman–Crippen MR) is 116 cm³/mol. The minimum Gasteiger partial charge on any atom is -0.492 e. The molecule has 1 aliphatic rings. The highest BCUT2D eigenvalue weighted by Crippen LogP contribution is 2.24. The maximum atomic E-state index is 12.8. The molecule has 32 heavy (non-hydrogen) atoms. The van der Waals surface area contributed by atoms with Crippen LogP contribution >= 0.6 is 0 Å². The number of nitrogens with one attached hydrogen (secondary N) is 1. The first kappa shape index (κ1) is 19.9. The van der Waals surface area contributed by atoms with Crippen LogP contribution in [0.25, 0.3) is 5.65 Å². The van der Waals surface area contributed by atoms with Gasteiger partial charge in [-0.2, -0.15) is 9.61 Å². The number of hydrogen-bond donors (Lipinski definition) is 1. The third-order valence-corrected chi connectivity index (χ3v) is 5.49. The summed E-state index contributed by atoms with van der Waals surface area (Å²) in [6, 6.07) is 11.3. The van der Waals surface area contributed by atoms with Gasteiger partial charge in [0.15, 0.2) is 5.65 Å². The van der Waals surface area contributed by atoms with Crippen LogP contribution in [0.3, 0.4) is 0 Å². The molecule has 3 aromatic heterocycles. The number of benzene rings is 1. The summed E-state index contributed by atoms with van der Waals surface area (Å²) in [5.74, 6) is 1.56. The molecule has 0 aliphatic carbocycles. The van der Waals surface area contributed by atoms with Gasteiger partial charge >= 0.3 is 0 Å². The van der Waals surface area contributed by atoms with E-state index in [1.54, 1.807) is 21.9 Å². The fraction of sp³-hybridized carbons (Fsp3) is 0.333. The van der Waals surface area contributed by atoms with E-state index in [1.165, 1.54) is 6.33 Å². The van der Waals surface area contributed by atoms with Crippen molar-refractivity contribution in [2.75, 3.05) is 29.9 Å². The van der Waals surface area contributed by atoms with Gasteiger partial charge in [0, 0.05) is 30.8 Å². The minimum absolute atomic E-state index is 0.0339. The molecule has 0 bridgehead atoms. The van der Waals surface area contributed by atoms with Crippen molar-refractivity contribution in [3.8, 4) is 5.75 Å². The van der Waals surface area contributed by atoms with E-state index in [0.717, 1.165) is 37.4 Å². The lowest BCUT2D eigenvalue weighted by Gasteiger charge is -2.32. The number of piperidine rings is 1. The zero-order valence-corrected chi connectivity index (χ0v) is 17.4. The first-order chi connectivity index (χ1) is 15.7. The van der Waals surface area contributed by atoms with E-state index in [4.69, 9.17) is 4.74 Å². The smallest absolute Gasteiger partial charge is 0.227 e. The summed E-state index contributed by atoms with van der Waals surface area (Å²) >= 11 is 0. The van der Waals surface area contributed by atoms with Gasteiger partial charge in [0.2, 0.25) is 5.91 Å². The van der Waals surface area contributed by atoms with Gasteiger partial charge in [-0.15, -0.1) is 15.3 Å². The Balaban J connectivity index is 1.13. The summed E-state index contributed by atoms with van der Waals surface area (Å²) in [7, 11) is 0. The fourth-order valence-corrected chi connectivity index (χ4v) is 3.77. The first-order valence-electron chi connectivity index (χ1n) is 10.5. The van der Waals surface area contributed by atoms with Gasteiger partial charge in [0.25, 0.3) is 0 Å². The summed E-state index contributed by atoms with van der Waals surface area (Å²) in [5.41, 5.74) is 1.45. The maximum absolute atomic E-state index is 12.8. The minimum atomic E-state index is -0.0400. The average molecular weight is 433 g/mol. The van der Waals surface area contributed by atoms with Gasteiger partial charge in [-0.05, 0) is 37.1 Å². The molecule has 1 amide bonds. The predicted octanol–water partition coefficient (Wildman–Crippen LogP) is 1.65. The zero-order valence-electron chi connectivity index (χ0n) is 17.4. The molecule has 0 spiro atoms. The molecule has 11 nitrogen and oxygen atoms in total. The van der Waals surface area contributed by atoms with Crippen LogP contribution in [0.2, 0.25) is 0 Å². The van der Waals surface area contributed by atoms with E-state index in [0.29, 0.717) is 24.5 Å². The Morgan fingerprint density at radius 3 is 2.91 bits per heavy atom. The Morgan fingerprint density at radius 2 is 2.06 bits per heavy atom.